The first-order chi connectivity index (χ1) is 12.3. The van der Waals surface area contributed by atoms with E-state index >= 15 is 0 Å². The smallest absolute Gasteiger partial charge is 0.339 e. The molecule has 0 aliphatic rings. The van der Waals surface area contributed by atoms with Crippen LogP contribution in [0, 0.1) is 0 Å². The summed E-state index contributed by atoms with van der Waals surface area (Å²) in [5.41, 5.74) is -0.199. The van der Waals surface area contributed by atoms with Gasteiger partial charge in [0.25, 0.3) is 0 Å². The molecule has 0 amide bonds. The van der Waals surface area contributed by atoms with Gasteiger partial charge < -0.3 is 14.9 Å². The largest absolute Gasteiger partial charge is 0.507 e. The Morgan fingerprint density at radius 1 is 1.12 bits per heavy atom. The Morgan fingerprint density at radius 3 is 2.42 bits per heavy atom. The molecule has 0 aromatic heterocycles. The number of aromatic carboxylic acids is 1. The minimum Gasteiger partial charge on any atom is -0.507 e. The Morgan fingerprint density at radius 2 is 1.81 bits per heavy atom. The minimum absolute atomic E-state index is 0.000718. The lowest BCUT2D eigenvalue weighted by Gasteiger charge is -2.12. The number of benzene rings is 2. The zero-order valence-corrected chi connectivity index (χ0v) is 15.6. The molecule has 2 aromatic rings. The van der Waals surface area contributed by atoms with Crippen LogP contribution in [0.5, 0.6) is 11.5 Å². The van der Waals surface area contributed by atoms with Gasteiger partial charge in [-0.25, -0.2) is 13.2 Å². The quantitative estimate of drug-likeness (QED) is 0.563. The molecule has 0 heterocycles. The fraction of sp³-hybridized carbons (Fsp3) is 0.278. The van der Waals surface area contributed by atoms with Crippen molar-refractivity contribution in [3.8, 4) is 11.5 Å². The van der Waals surface area contributed by atoms with Crippen LogP contribution >= 0.6 is 12.6 Å². The maximum absolute atomic E-state index is 12.2. The Kier molecular flexibility index (Phi) is 6.93. The van der Waals surface area contributed by atoms with Crippen molar-refractivity contribution in [2.45, 2.75) is 23.0 Å². The molecule has 0 saturated carbocycles. The molecule has 26 heavy (non-hydrogen) atoms. The zero-order valence-electron chi connectivity index (χ0n) is 13.9. The van der Waals surface area contributed by atoms with E-state index < -0.39 is 15.8 Å². The Bertz CT molecular complexity index is 849. The van der Waals surface area contributed by atoms with E-state index in [0.717, 1.165) is 0 Å². The van der Waals surface area contributed by atoms with Crippen LogP contribution in [-0.2, 0) is 9.84 Å². The summed E-state index contributed by atoms with van der Waals surface area (Å²) in [7, 11) is -3.33. The number of ether oxygens (including phenoxy) is 1. The van der Waals surface area contributed by atoms with Crippen LogP contribution in [-0.4, -0.2) is 42.2 Å². The molecular weight excluding hydrogens is 376 g/mol. The summed E-state index contributed by atoms with van der Waals surface area (Å²) in [4.78, 5) is 11.1. The Hall–Kier alpha value is -2.19. The Balaban J connectivity index is 1.80. The summed E-state index contributed by atoms with van der Waals surface area (Å²) >= 11 is 4.39. The summed E-state index contributed by atoms with van der Waals surface area (Å²) in [6.45, 7) is 0.269. The fourth-order valence-corrected chi connectivity index (χ4v) is 4.09. The van der Waals surface area contributed by atoms with Gasteiger partial charge in [0.05, 0.1) is 17.3 Å². The first-order valence-electron chi connectivity index (χ1n) is 7.94. The van der Waals surface area contributed by atoms with Gasteiger partial charge >= 0.3 is 5.97 Å². The number of hydrogen-bond acceptors (Lipinski definition) is 6. The highest BCUT2D eigenvalue weighted by molar-refractivity contribution is 7.91. The number of aromatic hydroxyl groups is 1. The van der Waals surface area contributed by atoms with Crippen molar-refractivity contribution in [2.75, 3.05) is 12.4 Å². The van der Waals surface area contributed by atoms with Crippen LogP contribution in [0.3, 0.4) is 0 Å². The number of carbonyl (C=O) groups is 1. The van der Waals surface area contributed by atoms with E-state index in [2.05, 4.69) is 12.6 Å². The van der Waals surface area contributed by atoms with Crippen LogP contribution in [0.15, 0.2) is 53.4 Å². The summed E-state index contributed by atoms with van der Waals surface area (Å²) < 4.78 is 29.9. The second kappa shape index (κ2) is 8.95. The monoisotopic (exact) mass is 396 g/mol. The van der Waals surface area contributed by atoms with Gasteiger partial charge in [-0.15, -0.1) is 0 Å². The molecule has 8 heteroatoms. The molecule has 2 aromatic carbocycles. The number of carboxylic acid groups (broad SMARTS) is 1. The van der Waals surface area contributed by atoms with Gasteiger partial charge in [0.2, 0.25) is 0 Å². The normalized spacial score (nSPS) is 12.5. The third-order valence-electron chi connectivity index (χ3n) is 3.74. The molecule has 0 fully saturated rings. The van der Waals surface area contributed by atoms with Crippen molar-refractivity contribution in [3.05, 3.63) is 54.1 Å². The number of rotatable bonds is 9. The lowest BCUT2D eigenvalue weighted by atomic mass is 10.2. The summed E-state index contributed by atoms with van der Waals surface area (Å²) in [5, 5.41) is 18.3. The van der Waals surface area contributed by atoms with Crippen molar-refractivity contribution >= 4 is 28.4 Å². The van der Waals surface area contributed by atoms with Crippen molar-refractivity contribution in [1.82, 2.24) is 0 Å². The maximum Gasteiger partial charge on any atom is 0.339 e. The molecule has 0 saturated heterocycles. The molecule has 2 N–H and O–H groups in total. The molecule has 140 valence electrons. The number of sulfone groups is 1. The number of carboxylic acids is 1. The van der Waals surface area contributed by atoms with Crippen LogP contribution in [0.25, 0.3) is 0 Å². The van der Waals surface area contributed by atoms with E-state index in [9.17, 15) is 18.3 Å². The second-order valence-electron chi connectivity index (χ2n) is 5.70. The molecule has 0 aliphatic heterocycles. The average Bonchev–Trinajstić information content (AvgIpc) is 2.60. The second-order valence-corrected chi connectivity index (χ2v) is 8.54. The average molecular weight is 396 g/mol. The zero-order chi connectivity index (χ0) is 19.2. The molecule has 0 aliphatic carbocycles. The maximum atomic E-state index is 12.2. The van der Waals surface area contributed by atoms with Gasteiger partial charge in [-0.1, -0.05) is 18.2 Å². The van der Waals surface area contributed by atoms with Gasteiger partial charge in [0, 0.05) is 11.3 Å². The first-order valence-corrected chi connectivity index (χ1v) is 10.1. The highest BCUT2D eigenvalue weighted by Crippen LogP contribution is 2.24. The van der Waals surface area contributed by atoms with Gasteiger partial charge in [-0.2, -0.15) is 12.6 Å². The van der Waals surface area contributed by atoms with Crippen molar-refractivity contribution in [3.63, 3.8) is 0 Å². The summed E-state index contributed by atoms with van der Waals surface area (Å²) in [6, 6.07) is 12.2. The minimum atomic E-state index is -3.33. The van der Waals surface area contributed by atoms with Crippen LogP contribution in [0.4, 0.5) is 0 Å². The summed E-state index contributed by atoms with van der Waals surface area (Å²) in [5.74, 6) is -1.25. The third kappa shape index (κ3) is 5.67. The van der Waals surface area contributed by atoms with E-state index in [1.54, 1.807) is 30.3 Å². The van der Waals surface area contributed by atoms with Crippen molar-refractivity contribution in [2.24, 2.45) is 0 Å². The predicted molar refractivity (Wildman–Crippen MR) is 101 cm³/mol. The molecule has 0 spiro atoms. The van der Waals surface area contributed by atoms with Crippen LogP contribution in [0.1, 0.15) is 23.2 Å². The molecule has 0 bridgehead atoms. The standard InChI is InChI=1S/C18H20O6S2/c19-17-12-13(6-7-16(17)18(20)21)24-10-8-14(25)9-11-26(22,23)15-4-2-1-3-5-15/h1-7,12,14,19,25H,8-11H2,(H,20,21). The van der Waals surface area contributed by atoms with E-state index in [1.165, 1.54) is 18.2 Å². The van der Waals surface area contributed by atoms with Gasteiger partial charge in [-0.3, -0.25) is 0 Å². The predicted octanol–water partition coefficient (Wildman–Crippen LogP) is 3.02. The lowest BCUT2D eigenvalue weighted by Crippen LogP contribution is -2.14. The number of thiol groups is 1. The molecule has 6 nitrogen and oxygen atoms in total. The lowest BCUT2D eigenvalue weighted by molar-refractivity contribution is 0.0693. The van der Waals surface area contributed by atoms with Crippen LogP contribution < -0.4 is 4.74 Å². The van der Waals surface area contributed by atoms with E-state index in [1.807, 2.05) is 0 Å². The van der Waals surface area contributed by atoms with E-state index in [0.29, 0.717) is 23.5 Å². The van der Waals surface area contributed by atoms with Gasteiger partial charge in [0.1, 0.15) is 17.1 Å². The fourth-order valence-electron chi connectivity index (χ4n) is 2.28. The van der Waals surface area contributed by atoms with Crippen molar-refractivity contribution in [1.29, 1.82) is 0 Å². The van der Waals surface area contributed by atoms with Gasteiger partial charge in [0.15, 0.2) is 9.84 Å². The third-order valence-corrected chi connectivity index (χ3v) is 6.02. The van der Waals surface area contributed by atoms with E-state index in [4.69, 9.17) is 9.84 Å². The van der Waals surface area contributed by atoms with Gasteiger partial charge in [-0.05, 0) is 37.1 Å². The molecular formula is C18H20O6S2. The SMILES string of the molecule is O=C(O)c1ccc(OCCC(S)CCS(=O)(=O)c2ccccc2)cc1O. The molecule has 1 unspecified atom stereocenters. The van der Waals surface area contributed by atoms with Crippen LogP contribution in [0.2, 0.25) is 0 Å². The molecule has 0 radical (unpaired) electrons. The number of hydrogen-bond donors (Lipinski definition) is 3. The van der Waals surface area contributed by atoms with E-state index in [-0.39, 0.29) is 28.9 Å². The Labute approximate surface area is 157 Å². The summed E-state index contributed by atoms with van der Waals surface area (Å²) in [6.07, 6.45) is 0.891. The first kappa shape index (κ1) is 20.1. The molecule has 2 rings (SSSR count). The van der Waals surface area contributed by atoms with Crippen molar-refractivity contribution < 1.29 is 28.2 Å². The highest BCUT2D eigenvalue weighted by Gasteiger charge is 2.16. The molecule has 1 atom stereocenters. The highest BCUT2D eigenvalue weighted by atomic mass is 32.2. The topological polar surface area (TPSA) is 101 Å². The number of phenols is 1.